The van der Waals surface area contributed by atoms with Crippen LogP contribution in [0.2, 0.25) is 0 Å². The number of imide groups is 2. The van der Waals surface area contributed by atoms with E-state index in [2.05, 4.69) is 0 Å². The molecule has 2 aliphatic rings. The second kappa shape index (κ2) is 9.96. The van der Waals surface area contributed by atoms with Gasteiger partial charge in [-0.05, 0) is 106 Å². The van der Waals surface area contributed by atoms with E-state index in [4.69, 9.17) is 4.74 Å². The van der Waals surface area contributed by atoms with E-state index in [0.29, 0.717) is 50.2 Å². The van der Waals surface area contributed by atoms with E-state index >= 15 is 0 Å². The van der Waals surface area contributed by atoms with Gasteiger partial charge in [-0.25, -0.2) is 4.90 Å². The van der Waals surface area contributed by atoms with E-state index in [1.54, 1.807) is 36.4 Å². The van der Waals surface area contributed by atoms with Crippen LogP contribution in [-0.4, -0.2) is 34.6 Å². The molecule has 1 unspecified atom stereocenters. The summed E-state index contributed by atoms with van der Waals surface area (Å²) in [5.74, 6) is -0.00190. The van der Waals surface area contributed by atoms with Gasteiger partial charge in [-0.1, -0.05) is 56.3 Å². The van der Waals surface area contributed by atoms with Gasteiger partial charge >= 0.3 is 0 Å². The highest BCUT2D eigenvalue weighted by Gasteiger charge is 2.39. The number of anilines is 1. The SMILES string of the molecule is CC(C)C(C)N1C(=O)c2ccc3c4ccc5c6c(ccc(c7ccc(c2c37)C1=O)c64)C(=O)N(c1ccc(Oc2ccccc2)cc1)C5=O. The highest BCUT2D eigenvalue weighted by atomic mass is 16.5. The number of carbonyl (C=O) groups excluding carboxylic acids is 4. The molecule has 7 aromatic rings. The molecule has 0 saturated heterocycles. The smallest absolute Gasteiger partial charge is 0.265 e. The number of para-hydroxylation sites is 1. The zero-order valence-corrected chi connectivity index (χ0v) is 26.4. The minimum atomic E-state index is -0.403. The van der Waals surface area contributed by atoms with Crippen LogP contribution in [0.1, 0.15) is 62.2 Å². The fourth-order valence-electron chi connectivity index (χ4n) is 7.48. The lowest BCUT2D eigenvalue weighted by Crippen LogP contribution is -2.47. The molecule has 9 rings (SSSR count). The van der Waals surface area contributed by atoms with Crippen LogP contribution in [0.5, 0.6) is 11.5 Å². The number of hydrogen-bond donors (Lipinski definition) is 0. The Hall–Kier alpha value is -6.08. The van der Waals surface area contributed by atoms with E-state index in [9.17, 15) is 19.2 Å². The molecule has 0 spiro atoms. The molecule has 0 aromatic heterocycles. The van der Waals surface area contributed by atoms with Gasteiger partial charge < -0.3 is 4.74 Å². The molecule has 0 N–H and O–H groups in total. The van der Waals surface area contributed by atoms with Gasteiger partial charge in [0.1, 0.15) is 11.5 Å². The number of carbonyl (C=O) groups is 4. The molecular weight excluding hydrogens is 600 g/mol. The molecule has 4 amide bonds. The first kappa shape index (κ1) is 28.2. The molecule has 0 fully saturated rings. The predicted molar refractivity (Wildman–Crippen MR) is 187 cm³/mol. The molecule has 1 atom stereocenters. The first-order chi connectivity index (χ1) is 23.2. The van der Waals surface area contributed by atoms with Crippen molar-refractivity contribution in [2.75, 3.05) is 4.90 Å². The van der Waals surface area contributed by atoms with Crippen molar-refractivity contribution < 1.29 is 23.9 Å². The lowest BCUT2D eigenvalue weighted by molar-refractivity contribution is 0.0512. The first-order valence-corrected chi connectivity index (χ1v) is 16.0. The number of rotatable bonds is 5. The topological polar surface area (TPSA) is 84.0 Å². The Balaban J connectivity index is 1.20. The summed E-state index contributed by atoms with van der Waals surface area (Å²) in [5, 5.41) is 6.37. The molecule has 2 aliphatic heterocycles. The Bertz CT molecular complexity index is 2430. The van der Waals surface area contributed by atoms with Crippen molar-refractivity contribution in [2.45, 2.75) is 26.8 Å². The molecule has 232 valence electrons. The largest absolute Gasteiger partial charge is 0.457 e. The third-order valence-corrected chi connectivity index (χ3v) is 10.1. The van der Waals surface area contributed by atoms with Gasteiger partial charge in [0.05, 0.1) is 5.69 Å². The average molecular weight is 629 g/mol. The lowest BCUT2D eigenvalue weighted by atomic mass is 9.82. The van der Waals surface area contributed by atoms with Crippen molar-refractivity contribution in [3.8, 4) is 11.5 Å². The van der Waals surface area contributed by atoms with Crippen molar-refractivity contribution >= 4 is 72.4 Å². The lowest BCUT2D eigenvalue weighted by Gasteiger charge is -2.34. The number of amides is 4. The first-order valence-electron chi connectivity index (χ1n) is 16.0. The molecule has 7 nitrogen and oxygen atoms in total. The number of hydrogen-bond acceptors (Lipinski definition) is 5. The van der Waals surface area contributed by atoms with Crippen LogP contribution in [0.3, 0.4) is 0 Å². The number of fused-ring (bicyclic) bond motifs is 2. The fourth-order valence-corrected chi connectivity index (χ4v) is 7.48. The van der Waals surface area contributed by atoms with Crippen molar-refractivity contribution in [3.63, 3.8) is 0 Å². The van der Waals surface area contributed by atoms with Gasteiger partial charge in [0.25, 0.3) is 23.6 Å². The van der Waals surface area contributed by atoms with E-state index in [0.717, 1.165) is 32.3 Å². The number of ether oxygens (including phenoxy) is 1. The highest BCUT2D eigenvalue weighted by Crippen LogP contribution is 2.47. The minimum Gasteiger partial charge on any atom is -0.457 e. The van der Waals surface area contributed by atoms with E-state index in [1.165, 1.54) is 9.80 Å². The van der Waals surface area contributed by atoms with Gasteiger partial charge in [-0.15, -0.1) is 0 Å². The molecule has 7 aromatic carbocycles. The summed E-state index contributed by atoms with van der Waals surface area (Å²) < 4.78 is 5.91. The van der Waals surface area contributed by atoms with Gasteiger partial charge in [-0.2, -0.15) is 0 Å². The van der Waals surface area contributed by atoms with Crippen LogP contribution >= 0.6 is 0 Å². The molecular formula is C41H28N2O5. The van der Waals surface area contributed by atoms with Crippen molar-refractivity contribution in [3.05, 3.63) is 125 Å². The zero-order valence-electron chi connectivity index (χ0n) is 26.4. The van der Waals surface area contributed by atoms with Gasteiger partial charge in [0, 0.05) is 39.1 Å². The highest BCUT2D eigenvalue weighted by molar-refractivity contribution is 6.43. The predicted octanol–water partition coefficient (Wildman–Crippen LogP) is 8.97. The van der Waals surface area contributed by atoms with Crippen LogP contribution in [0.4, 0.5) is 5.69 Å². The second-order valence-electron chi connectivity index (χ2n) is 13.0. The molecule has 0 aliphatic carbocycles. The van der Waals surface area contributed by atoms with E-state index in [1.807, 2.05) is 87.5 Å². The van der Waals surface area contributed by atoms with Crippen LogP contribution < -0.4 is 9.64 Å². The Labute approximate surface area is 275 Å². The van der Waals surface area contributed by atoms with E-state index < -0.39 is 11.8 Å². The zero-order chi connectivity index (χ0) is 33.0. The van der Waals surface area contributed by atoms with Crippen LogP contribution in [0, 0.1) is 5.92 Å². The third-order valence-electron chi connectivity index (χ3n) is 10.1. The third kappa shape index (κ3) is 3.70. The standard InChI is InChI=1S/C41H28N2O5/c1-21(2)22(3)42-38(44)30-17-13-26-28-15-19-32-37-33(20-16-29(35(28)37)27-14-18-31(39(42)45)36(30)34(26)27)41(47)43(40(32)46)23-9-11-25(12-10-23)48-24-7-5-4-6-8-24/h4-22H,1-3H3. The van der Waals surface area contributed by atoms with Crippen molar-refractivity contribution in [1.29, 1.82) is 0 Å². The maximum Gasteiger partial charge on any atom is 0.265 e. The minimum absolute atomic E-state index is 0.105. The summed E-state index contributed by atoms with van der Waals surface area (Å²) >= 11 is 0. The second-order valence-corrected chi connectivity index (χ2v) is 13.0. The molecule has 48 heavy (non-hydrogen) atoms. The number of nitrogens with zero attached hydrogens (tertiary/aromatic N) is 2. The summed E-state index contributed by atoms with van der Waals surface area (Å²) in [7, 11) is 0. The summed E-state index contributed by atoms with van der Waals surface area (Å²) in [6.45, 7) is 5.91. The van der Waals surface area contributed by atoms with Gasteiger partial charge in [0.15, 0.2) is 0 Å². The summed E-state index contributed by atoms with van der Waals surface area (Å²) in [4.78, 5) is 58.4. The maximum atomic E-state index is 14.1. The van der Waals surface area contributed by atoms with Gasteiger partial charge in [-0.3, -0.25) is 24.1 Å². The van der Waals surface area contributed by atoms with Crippen LogP contribution in [0.15, 0.2) is 103 Å². The van der Waals surface area contributed by atoms with Crippen LogP contribution in [-0.2, 0) is 0 Å². The molecule has 0 saturated carbocycles. The molecule has 0 radical (unpaired) electrons. The maximum absolute atomic E-state index is 14.1. The summed E-state index contributed by atoms with van der Waals surface area (Å²) in [6, 6.07) is 30.9. The summed E-state index contributed by atoms with van der Waals surface area (Å²) in [5.41, 5.74) is 2.34. The van der Waals surface area contributed by atoms with Crippen molar-refractivity contribution in [2.24, 2.45) is 5.92 Å². The summed E-state index contributed by atoms with van der Waals surface area (Å²) in [6.07, 6.45) is 0. The Morgan fingerprint density at radius 2 is 0.875 bits per heavy atom. The van der Waals surface area contributed by atoms with Crippen molar-refractivity contribution in [1.82, 2.24) is 4.90 Å². The van der Waals surface area contributed by atoms with Crippen LogP contribution in [0.25, 0.3) is 43.1 Å². The van der Waals surface area contributed by atoms with Gasteiger partial charge in [0.2, 0.25) is 0 Å². The number of benzene rings is 7. The Morgan fingerprint density at radius 3 is 1.31 bits per heavy atom. The van der Waals surface area contributed by atoms with E-state index in [-0.39, 0.29) is 23.8 Å². The monoisotopic (exact) mass is 628 g/mol. The average Bonchev–Trinajstić information content (AvgIpc) is 3.10. The quantitative estimate of drug-likeness (QED) is 0.108. The molecule has 7 heteroatoms. The molecule has 0 bridgehead atoms. The normalized spacial score (nSPS) is 15.2. The molecule has 2 heterocycles. The Kier molecular flexibility index (Phi) is 5.84. The Morgan fingerprint density at radius 1 is 0.458 bits per heavy atom. The fraction of sp³-hybridized carbons (Fsp3) is 0.122.